The molecule has 0 fully saturated rings. The summed E-state index contributed by atoms with van der Waals surface area (Å²) in [6, 6.07) is 11.0. The zero-order valence-electron chi connectivity index (χ0n) is 13.3. The molecule has 4 N–H and O–H groups in total. The Morgan fingerprint density at radius 1 is 1.08 bits per heavy atom. The van der Waals surface area contributed by atoms with Crippen LogP contribution in [0, 0.1) is 0 Å². The van der Waals surface area contributed by atoms with Crippen molar-refractivity contribution in [3.63, 3.8) is 0 Å². The van der Waals surface area contributed by atoms with E-state index < -0.39 is 18.5 Å². The molecular weight excluding hydrogens is 346 g/mol. The van der Waals surface area contributed by atoms with Gasteiger partial charge in [-0.2, -0.15) is 0 Å². The second-order valence-corrected chi connectivity index (χ2v) is 5.55. The van der Waals surface area contributed by atoms with Crippen molar-refractivity contribution in [1.29, 1.82) is 0 Å². The number of rotatable bonds is 5. The molecule has 2 rings (SSSR count). The highest BCUT2D eigenvalue weighted by Crippen LogP contribution is 2.19. The van der Waals surface area contributed by atoms with Crippen molar-refractivity contribution >= 4 is 46.4 Å². The molecule has 0 bridgehead atoms. The van der Waals surface area contributed by atoms with Crippen molar-refractivity contribution in [2.45, 2.75) is 6.92 Å². The molecule has 2 aromatic carbocycles. The fourth-order valence-corrected chi connectivity index (χ4v) is 2.16. The van der Waals surface area contributed by atoms with Crippen LogP contribution in [0.25, 0.3) is 0 Å². The zero-order valence-corrected chi connectivity index (χ0v) is 14.1. The fourth-order valence-electron chi connectivity index (χ4n) is 1.99. The van der Waals surface area contributed by atoms with Gasteiger partial charge in [-0.05, 0) is 36.4 Å². The molecule has 25 heavy (non-hydrogen) atoms. The van der Waals surface area contributed by atoms with Gasteiger partial charge in [0.05, 0.1) is 5.56 Å². The van der Waals surface area contributed by atoms with Gasteiger partial charge in [0.15, 0.2) is 6.61 Å². The number of nitrogen functional groups attached to an aromatic ring is 1. The van der Waals surface area contributed by atoms with Crippen molar-refractivity contribution in [2.24, 2.45) is 0 Å². The van der Waals surface area contributed by atoms with Crippen LogP contribution in [0.1, 0.15) is 17.3 Å². The number of carbonyl (C=O) groups excluding carboxylic acids is 3. The lowest BCUT2D eigenvalue weighted by Crippen LogP contribution is -2.21. The lowest BCUT2D eigenvalue weighted by Gasteiger charge is -2.09. The number of nitrogens with two attached hydrogens (primary N) is 1. The summed E-state index contributed by atoms with van der Waals surface area (Å²) in [6.07, 6.45) is 0. The molecule has 0 aromatic heterocycles. The Kier molecular flexibility index (Phi) is 5.97. The van der Waals surface area contributed by atoms with Gasteiger partial charge in [0, 0.05) is 29.0 Å². The Morgan fingerprint density at radius 2 is 1.76 bits per heavy atom. The molecule has 7 nitrogen and oxygen atoms in total. The third kappa shape index (κ3) is 5.50. The van der Waals surface area contributed by atoms with Crippen LogP contribution in [-0.4, -0.2) is 24.4 Å². The molecule has 8 heteroatoms. The van der Waals surface area contributed by atoms with Crippen LogP contribution in [0.4, 0.5) is 17.1 Å². The number of nitrogens with one attached hydrogen (secondary N) is 2. The summed E-state index contributed by atoms with van der Waals surface area (Å²) in [6.45, 7) is 0.890. The largest absolute Gasteiger partial charge is 0.452 e. The zero-order chi connectivity index (χ0) is 18.4. The molecular formula is C17H16ClN3O4. The van der Waals surface area contributed by atoms with Crippen molar-refractivity contribution in [2.75, 3.05) is 23.0 Å². The normalized spacial score (nSPS) is 10.0. The maximum Gasteiger partial charge on any atom is 0.340 e. The third-order valence-electron chi connectivity index (χ3n) is 3.04. The van der Waals surface area contributed by atoms with Gasteiger partial charge in [-0.1, -0.05) is 17.7 Å². The van der Waals surface area contributed by atoms with E-state index in [1.165, 1.54) is 19.1 Å². The first-order valence-electron chi connectivity index (χ1n) is 7.25. The monoisotopic (exact) mass is 361 g/mol. The number of hydrogen-bond donors (Lipinski definition) is 3. The van der Waals surface area contributed by atoms with Crippen LogP contribution in [0.3, 0.4) is 0 Å². The van der Waals surface area contributed by atoms with Gasteiger partial charge in [-0.25, -0.2) is 4.79 Å². The molecule has 2 amide bonds. The average molecular weight is 362 g/mol. The highest BCUT2D eigenvalue weighted by atomic mass is 35.5. The molecule has 0 aliphatic heterocycles. The summed E-state index contributed by atoms with van der Waals surface area (Å²) in [5.74, 6) is -1.51. The summed E-state index contributed by atoms with van der Waals surface area (Å²) >= 11 is 5.81. The Balaban J connectivity index is 1.93. The van der Waals surface area contributed by atoms with E-state index in [1.807, 2.05) is 0 Å². The van der Waals surface area contributed by atoms with Crippen molar-refractivity contribution in [1.82, 2.24) is 0 Å². The molecule has 0 aliphatic carbocycles. The SMILES string of the molecule is CC(=O)Nc1cccc(NC(=O)COC(=O)c2cc(Cl)ccc2N)c1. The van der Waals surface area contributed by atoms with Gasteiger partial charge < -0.3 is 21.1 Å². The van der Waals surface area contributed by atoms with E-state index in [0.717, 1.165) is 0 Å². The van der Waals surface area contributed by atoms with Gasteiger partial charge in [0.25, 0.3) is 5.91 Å². The number of benzene rings is 2. The third-order valence-corrected chi connectivity index (χ3v) is 3.27. The van der Waals surface area contributed by atoms with Crippen molar-refractivity contribution in [3.8, 4) is 0 Å². The summed E-state index contributed by atoms with van der Waals surface area (Å²) in [5.41, 5.74) is 6.97. The molecule has 0 spiro atoms. The molecule has 0 atom stereocenters. The number of ether oxygens (including phenoxy) is 1. The summed E-state index contributed by atoms with van der Waals surface area (Å²) in [7, 11) is 0. The Bertz CT molecular complexity index is 823. The Morgan fingerprint density at radius 3 is 2.44 bits per heavy atom. The lowest BCUT2D eigenvalue weighted by molar-refractivity contribution is -0.119. The maximum absolute atomic E-state index is 12.0. The highest BCUT2D eigenvalue weighted by Gasteiger charge is 2.14. The second kappa shape index (κ2) is 8.16. The molecule has 0 heterocycles. The molecule has 0 aliphatic rings. The summed E-state index contributed by atoms with van der Waals surface area (Å²) in [4.78, 5) is 34.9. The number of halogens is 1. The van der Waals surface area contributed by atoms with Gasteiger partial charge in [0.1, 0.15) is 0 Å². The Labute approximate surface area is 149 Å². The molecule has 0 saturated carbocycles. The predicted octanol–water partition coefficient (Wildman–Crippen LogP) is 2.68. The van der Waals surface area contributed by atoms with E-state index in [-0.39, 0.29) is 17.2 Å². The van der Waals surface area contributed by atoms with E-state index in [9.17, 15) is 14.4 Å². The molecule has 0 unspecified atom stereocenters. The minimum absolute atomic E-state index is 0.0907. The van der Waals surface area contributed by atoms with Crippen LogP contribution in [-0.2, 0) is 14.3 Å². The first kappa shape index (κ1) is 18.3. The van der Waals surface area contributed by atoms with Crippen molar-refractivity contribution in [3.05, 3.63) is 53.1 Å². The summed E-state index contributed by atoms with van der Waals surface area (Å²) in [5, 5.41) is 5.50. The van der Waals surface area contributed by atoms with E-state index in [0.29, 0.717) is 16.4 Å². The van der Waals surface area contributed by atoms with Crippen LogP contribution >= 0.6 is 11.6 Å². The van der Waals surface area contributed by atoms with Gasteiger partial charge in [-0.3, -0.25) is 9.59 Å². The van der Waals surface area contributed by atoms with Crippen LogP contribution in [0.5, 0.6) is 0 Å². The number of hydrogen-bond acceptors (Lipinski definition) is 5. The van der Waals surface area contributed by atoms with Gasteiger partial charge in [0.2, 0.25) is 5.91 Å². The predicted molar refractivity (Wildman–Crippen MR) is 95.5 cm³/mol. The minimum atomic E-state index is -0.748. The molecule has 0 radical (unpaired) electrons. The smallest absolute Gasteiger partial charge is 0.340 e. The van der Waals surface area contributed by atoms with E-state index in [1.54, 1.807) is 30.3 Å². The standard InChI is InChI=1S/C17H16ClN3O4/c1-10(22)20-12-3-2-4-13(8-12)21-16(23)9-25-17(24)14-7-11(18)5-6-15(14)19/h2-8H,9,19H2,1H3,(H,20,22)(H,21,23). The number of anilines is 3. The molecule has 130 valence electrons. The van der Waals surface area contributed by atoms with Crippen LogP contribution < -0.4 is 16.4 Å². The summed E-state index contributed by atoms with van der Waals surface area (Å²) < 4.78 is 4.93. The van der Waals surface area contributed by atoms with Crippen LogP contribution in [0.2, 0.25) is 5.02 Å². The van der Waals surface area contributed by atoms with Crippen LogP contribution in [0.15, 0.2) is 42.5 Å². The lowest BCUT2D eigenvalue weighted by atomic mass is 10.2. The first-order chi connectivity index (χ1) is 11.8. The second-order valence-electron chi connectivity index (χ2n) is 5.12. The maximum atomic E-state index is 12.0. The quantitative estimate of drug-likeness (QED) is 0.560. The molecule has 0 saturated heterocycles. The fraction of sp³-hybridized carbons (Fsp3) is 0.118. The number of amides is 2. The molecule has 2 aromatic rings. The highest BCUT2D eigenvalue weighted by molar-refractivity contribution is 6.31. The van der Waals surface area contributed by atoms with E-state index in [2.05, 4.69) is 10.6 Å². The van der Waals surface area contributed by atoms with E-state index >= 15 is 0 Å². The van der Waals surface area contributed by atoms with Crippen molar-refractivity contribution < 1.29 is 19.1 Å². The topological polar surface area (TPSA) is 111 Å². The average Bonchev–Trinajstić information content (AvgIpc) is 2.54. The minimum Gasteiger partial charge on any atom is -0.452 e. The number of carbonyl (C=O) groups is 3. The number of esters is 1. The first-order valence-corrected chi connectivity index (χ1v) is 7.62. The Hall–Kier alpha value is -3.06. The van der Waals surface area contributed by atoms with Gasteiger partial charge >= 0.3 is 5.97 Å². The van der Waals surface area contributed by atoms with E-state index in [4.69, 9.17) is 22.1 Å². The van der Waals surface area contributed by atoms with Gasteiger partial charge in [-0.15, -0.1) is 0 Å².